The van der Waals surface area contributed by atoms with Gasteiger partial charge in [-0.2, -0.15) is 5.10 Å². The van der Waals surface area contributed by atoms with Crippen molar-refractivity contribution in [3.8, 4) is 0 Å². The van der Waals surface area contributed by atoms with E-state index in [2.05, 4.69) is 10.4 Å². The fourth-order valence-electron chi connectivity index (χ4n) is 1.92. The van der Waals surface area contributed by atoms with Crippen molar-refractivity contribution in [2.24, 2.45) is 7.05 Å². The van der Waals surface area contributed by atoms with Crippen LogP contribution >= 0.6 is 11.6 Å². The van der Waals surface area contributed by atoms with Crippen molar-refractivity contribution in [2.75, 3.05) is 0 Å². The zero-order valence-electron chi connectivity index (χ0n) is 11.3. The minimum absolute atomic E-state index is 0.0739. The number of rotatable bonds is 5. The quantitative estimate of drug-likeness (QED) is 0.679. The maximum atomic E-state index is 10.9. The highest BCUT2D eigenvalue weighted by Gasteiger charge is 2.13. The van der Waals surface area contributed by atoms with E-state index in [1.165, 1.54) is 12.1 Å². The van der Waals surface area contributed by atoms with Gasteiger partial charge in [0.15, 0.2) is 0 Å². The lowest BCUT2D eigenvalue weighted by molar-refractivity contribution is -0.385. The van der Waals surface area contributed by atoms with Crippen LogP contribution < -0.4 is 5.32 Å². The van der Waals surface area contributed by atoms with E-state index in [9.17, 15) is 10.1 Å². The van der Waals surface area contributed by atoms with Crippen LogP contribution in [-0.4, -0.2) is 14.7 Å². The standard InChI is InChI=1S/C13H15ClN4O2/c1-9-11(8-16-17(9)2)7-15-6-10-5-12(14)3-4-13(10)18(19)20/h3-5,8,15H,6-7H2,1-2H3. The summed E-state index contributed by atoms with van der Waals surface area (Å²) in [6, 6.07) is 4.56. The van der Waals surface area contributed by atoms with E-state index in [0.717, 1.165) is 11.3 Å². The van der Waals surface area contributed by atoms with Gasteiger partial charge >= 0.3 is 0 Å². The van der Waals surface area contributed by atoms with Gasteiger partial charge in [-0.25, -0.2) is 0 Å². The minimum Gasteiger partial charge on any atom is -0.308 e. The van der Waals surface area contributed by atoms with Crippen LogP contribution in [0.15, 0.2) is 24.4 Å². The van der Waals surface area contributed by atoms with E-state index in [-0.39, 0.29) is 5.69 Å². The number of aryl methyl sites for hydroxylation is 1. The Kier molecular flexibility index (Phi) is 4.36. The van der Waals surface area contributed by atoms with Crippen molar-refractivity contribution >= 4 is 17.3 Å². The second-order valence-corrected chi connectivity index (χ2v) is 4.95. The van der Waals surface area contributed by atoms with Gasteiger partial charge in [0.25, 0.3) is 5.69 Å². The van der Waals surface area contributed by atoms with Crippen molar-refractivity contribution in [3.05, 3.63) is 56.4 Å². The minimum atomic E-state index is -0.400. The van der Waals surface area contributed by atoms with E-state index in [4.69, 9.17) is 11.6 Å². The number of hydrogen-bond acceptors (Lipinski definition) is 4. The third-order valence-electron chi connectivity index (χ3n) is 3.21. The topological polar surface area (TPSA) is 73.0 Å². The summed E-state index contributed by atoms with van der Waals surface area (Å²) in [6.45, 7) is 2.96. The third-order valence-corrected chi connectivity index (χ3v) is 3.44. The third kappa shape index (κ3) is 3.15. The van der Waals surface area contributed by atoms with E-state index in [1.807, 2.05) is 14.0 Å². The molecule has 0 saturated heterocycles. The van der Waals surface area contributed by atoms with Crippen LogP contribution in [0, 0.1) is 17.0 Å². The zero-order valence-corrected chi connectivity index (χ0v) is 12.0. The van der Waals surface area contributed by atoms with Gasteiger partial charge in [-0.05, 0) is 19.1 Å². The summed E-state index contributed by atoms with van der Waals surface area (Å²) in [5.41, 5.74) is 2.78. The average Bonchev–Trinajstić information content (AvgIpc) is 2.70. The van der Waals surface area contributed by atoms with Gasteiger partial charge in [0.05, 0.1) is 11.1 Å². The van der Waals surface area contributed by atoms with Crippen LogP contribution in [0.1, 0.15) is 16.8 Å². The summed E-state index contributed by atoms with van der Waals surface area (Å²) in [5, 5.41) is 18.8. The molecule has 2 rings (SSSR count). The first-order chi connectivity index (χ1) is 9.49. The lowest BCUT2D eigenvalue weighted by atomic mass is 10.1. The molecule has 1 aromatic carbocycles. The smallest absolute Gasteiger partial charge is 0.273 e. The van der Waals surface area contributed by atoms with E-state index in [0.29, 0.717) is 23.7 Å². The van der Waals surface area contributed by atoms with Crippen molar-refractivity contribution in [1.29, 1.82) is 0 Å². The molecule has 6 nitrogen and oxygen atoms in total. The number of nitrogens with zero attached hydrogens (tertiary/aromatic N) is 3. The molecule has 0 saturated carbocycles. The SMILES string of the molecule is Cc1c(CNCc2cc(Cl)ccc2[N+](=O)[O-])cnn1C. The first-order valence-corrected chi connectivity index (χ1v) is 6.48. The molecule has 0 spiro atoms. The van der Waals surface area contributed by atoms with Crippen LogP contribution in [-0.2, 0) is 20.1 Å². The molecule has 0 aliphatic carbocycles. The Morgan fingerprint density at radius 3 is 2.70 bits per heavy atom. The maximum Gasteiger partial charge on any atom is 0.273 e. The van der Waals surface area contributed by atoms with Gasteiger partial charge < -0.3 is 5.32 Å². The number of aromatic nitrogens is 2. The predicted octanol–water partition coefficient (Wildman–Crippen LogP) is 2.58. The number of benzene rings is 1. The highest BCUT2D eigenvalue weighted by molar-refractivity contribution is 6.30. The van der Waals surface area contributed by atoms with E-state index >= 15 is 0 Å². The summed E-state index contributed by atoms with van der Waals surface area (Å²) >= 11 is 5.88. The van der Waals surface area contributed by atoms with Gasteiger partial charge in [-0.3, -0.25) is 14.8 Å². The second kappa shape index (κ2) is 6.02. The van der Waals surface area contributed by atoms with Gasteiger partial charge in [-0.1, -0.05) is 11.6 Å². The van der Waals surface area contributed by atoms with E-state index < -0.39 is 4.92 Å². The first-order valence-electron chi connectivity index (χ1n) is 6.10. The summed E-state index contributed by atoms with van der Waals surface area (Å²) < 4.78 is 1.79. The number of halogens is 1. The molecule has 20 heavy (non-hydrogen) atoms. The molecule has 7 heteroatoms. The van der Waals surface area contributed by atoms with Crippen molar-refractivity contribution in [3.63, 3.8) is 0 Å². The number of nitro benzene ring substituents is 1. The van der Waals surface area contributed by atoms with Crippen LogP contribution in [0.25, 0.3) is 0 Å². The molecular weight excluding hydrogens is 280 g/mol. The number of nitro groups is 1. The Morgan fingerprint density at radius 2 is 2.10 bits per heavy atom. The van der Waals surface area contributed by atoms with Crippen molar-refractivity contribution in [2.45, 2.75) is 20.0 Å². The summed E-state index contributed by atoms with van der Waals surface area (Å²) in [5.74, 6) is 0. The average molecular weight is 295 g/mol. The van der Waals surface area contributed by atoms with Crippen LogP contribution in [0.4, 0.5) is 5.69 Å². The molecule has 0 fully saturated rings. The molecule has 0 unspecified atom stereocenters. The molecule has 0 bridgehead atoms. The molecule has 1 heterocycles. The van der Waals surface area contributed by atoms with Crippen LogP contribution in [0.3, 0.4) is 0 Å². The summed E-state index contributed by atoms with van der Waals surface area (Å²) in [7, 11) is 1.88. The maximum absolute atomic E-state index is 10.9. The Balaban J connectivity index is 2.06. The highest BCUT2D eigenvalue weighted by atomic mass is 35.5. The predicted molar refractivity (Wildman–Crippen MR) is 76.6 cm³/mol. The molecule has 0 amide bonds. The Bertz CT molecular complexity index is 639. The van der Waals surface area contributed by atoms with E-state index in [1.54, 1.807) is 16.9 Å². The summed E-state index contributed by atoms with van der Waals surface area (Å²) in [4.78, 5) is 10.5. The molecule has 2 aromatic rings. The largest absolute Gasteiger partial charge is 0.308 e. The zero-order chi connectivity index (χ0) is 14.7. The summed E-state index contributed by atoms with van der Waals surface area (Å²) in [6.07, 6.45) is 1.79. The fourth-order valence-corrected chi connectivity index (χ4v) is 2.12. The molecule has 1 N–H and O–H groups in total. The fraction of sp³-hybridized carbons (Fsp3) is 0.308. The molecule has 106 valence electrons. The molecular formula is C13H15ClN4O2. The van der Waals surface area contributed by atoms with Gasteiger partial charge in [0.1, 0.15) is 0 Å². The Labute approximate surface area is 121 Å². The lowest BCUT2D eigenvalue weighted by Crippen LogP contribution is -2.14. The van der Waals surface area contributed by atoms with Gasteiger partial charge in [-0.15, -0.1) is 0 Å². The first kappa shape index (κ1) is 14.5. The second-order valence-electron chi connectivity index (χ2n) is 4.51. The Morgan fingerprint density at radius 1 is 1.40 bits per heavy atom. The normalized spacial score (nSPS) is 10.8. The highest BCUT2D eigenvalue weighted by Crippen LogP contribution is 2.22. The molecule has 0 aliphatic heterocycles. The molecule has 0 radical (unpaired) electrons. The van der Waals surface area contributed by atoms with Crippen LogP contribution in [0.5, 0.6) is 0 Å². The molecule has 0 atom stereocenters. The number of hydrogen-bond donors (Lipinski definition) is 1. The molecule has 0 aliphatic rings. The van der Waals surface area contributed by atoms with Crippen molar-refractivity contribution < 1.29 is 4.92 Å². The molecule has 1 aromatic heterocycles. The Hall–Kier alpha value is -1.92. The van der Waals surface area contributed by atoms with Crippen LogP contribution in [0.2, 0.25) is 5.02 Å². The lowest BCUT2D eigenvalue weighted by Gasteiger charge is -2.06. The van der Waals surface area contributed by atoms with Gasteiger partial charge in [0.2, 0.25) is 0 Å². The van der Waals surface area contributed by atoms with Gasteiger partial charge in [0, 0.05) is 48.0 Å². The van der Waals surface area contributed by atoms with Crippen molar-refractivity contribution in [1.82, 2.24) is 15.1 Å². The number of nitrogens with one attached hydrogen (secondary N) is 1. The monoisotopic (exact) mass is 294 g/mol.